The van der Waals surface area contributed by atoms with Crippen LogP contribution in [0.15, 0.2) is 72.2 Å². The molecule has 3 aliphatic heterocycles. The molecule has 43 heavy (non-hydrogen) atoms. The van der Waals surface area contributed by atoms with Crippen LogP contribution in [0.2, 0.25) is 0 Å². The summed E-state index contributed by atoms with van der Waals surface area (Å²) in [4.78, 5) is 54.3. The number of amides is 3. The van der Waals surface area contributed by atoms with Crippen LogP contribution < -0.4 is 20.7 Å². The summed E-state index contributed by atoms with van der Waals surface area (Å²) >= 11 is 0. The van der Waals surface area contributed by atoms with Crippen molar-refractivity contribution in [3.63, 3.8) is 0 Å². The SMILES string of the molecule is Cc1cc(N2CC[C@@](C)(c3ccccc3)C2)cc(=O)n1CCN1C(=O)NC2(CCN(c3nccn4cncc34)CC2)C1=O. The van der Waals surface area contributed by atoms with Gasteiger partial charge in [0.05, 0.1) is 12.5 Å². The molecule has 4 aromatic rings. The Morgan fingerprint density at radius 2 is 1.72 bits per heavy atom. The van der Waals surface area contributed by atoms with E-state index in [4.69, 9.17) is 0 Å². The first-order chi connectivity index (χ1) is 20.8. The number of nitrogens with one attached hydrogen (secondary N) is 1. The molecule has 1 aromatic carbocycles. The predicted octanol–water partition coefficient (Wildman–Crippen LogP) is 2.96. The summed E-state index contributed by atoms with van der Waals surface area (Å²) in [5.41, 5.74) is 2.93. The third-order valence-electron chi connectivity index (χ3n) is 9.66. The molecule has 1 N–H and O–H groups in total. The Labute approximate surface area is 249 Å². The fourth-order valence-electron chi connectivity index (χ4n) is 7.04. The molecule has 11 nitrogen and oxygen atoms in total. The molecular formula is C32H36N8O3. The van der Waals surface area contributed by atoms with E-state index in [0.29, 0.717) is 25.9 Å². The van der Waals surface area contributed by atoms with Gasteiger partial charge >= 0.3 is 6.03 Å². The van der Waals surface area contributed by atoms with Crippen LogP contribution in [0.25, 0.3) is 5.52 Å². The van der Waals surface area contributed by atoms with E-state index in [1.54, 1.807) is 29.4 Å². The number of urea groups is 1. The molecule has 11 heteroatoms. The van der Waals surface area contributed by atoms with Crippen LogP contribution in [0.1, 0.15) is 37.4 Å². The molecule has 0 saturated carbocycles. The van der Waals surface area contributed by atoms with Crippen LogP contribution in [-0.2, 0) is 16.8 Å². The number of piperidine rings is 1. The largest absolute Gasteiger partial charge is 0.370 e. The molecule has 3 fully saturated rings. The van der Waals surface area contributed by atoms with Crippen molar-refractivity contribution in [2.24, 2.45) is 0 Å². The lowest BCUT2D eigenvalue weighted by molar-refractivity contribution is -0.132. The van der Waals surface area contributed by atoms with E-state index >= 15 is 0 Å². The number of anilines is 2. The molecule has 0 unspecified atom stereocenters. The van der Waals surface area contributed by atoms with Gasteiger partial charge < -0.3 is 24.1 Å². The van der Waals surface area contributed by atoms with Gasteiger partial charge in [0, 0.05) is 74.5 Å². The molecule has 7 rings (SSSR count). The highest BCUT2D eigenvalue weighted by Crippen LogP contribution is 2.36. The van der Waals surface area contributed by atoms with Crippen molar-refractivity contribution in [2.45, 2.75) is 50.6 Å². The number of hydrogen-bond donors (Lipinski definition) is 1. The Morgan fingerprint density at radius 3 is 2.49 bits per heavy atom. The van der Waals surface area contributed by atoms with Gasteiger partial charge in [0.2, 0.25) is 0 Å². The topological polar surface area (TPSA) is 108 Å². The van der Waals surface area contributed by atoms with Gasteiger partial charge in [0.1, 0.15) is 11.1 Å². The normalized spacial score (nSPS) is 21.8. The zero-order valence-corrected chi connectivity index (χ0v) is 24.6. The van der Waals surface area contributed by atoms with Crippen molar-refractivity contribution < 1.29 is 9.59 Å². The fourth-order valence-corrected chi connectivity index (χ4v) is 7.04. The van der Waals surface area contributed by atoms with Gasteiger partial charge in [-0.2, -0.15) is 0 Å². The zero-order valence-electron chi connectivity index (χ0n) is 24.6. The van der Waals surface area contributed by atoms with Crippen LogP contribution in [0.5, 0.6) is 0 Å². The Morgan fingerprint density at radius 1 is 0.953 bits per heavy atom. The van der Waals surface area contributed by atoms with E-state index in [0.717, 1.165) is 42.2 Å². The summed E-state index contributed by atoms with van der Waals surface area (Å²) in [6.07, 6.45) is 9.08. The molecular weight excluding hydrogens is 544 g/mol. The third kappa shape index (κ3) is 4.63. The number of aryl methyl sites for hydroxylation is 1. The van der Waals surface area contributed by atoms with Gasteiger partial charge in [-0.3, -0.25) is 14.5 Å². The Balaban J connectivity index is 1.01. The summed E-state index contributed by atoms with van der Waals surface area (Å²) in [6, 6.07) is 13.9. The molecule has 6 heterocycles. The first kappa shape index (κ1) is 27.2. The van der Waals surface area contributed by atoms with Crippen molar-refractivity contribution >= 4 is 29.0 Å². The second-order valence-corrected chi connectivity index (χ2v) is 12.3. The molecule has 0 radical (unpaired) electrons. The summed E-state index contributed by atoms with van der Waals surface area (Å²) in [5, 5.41) is 2.98. The number of fused-ring (bicyclic) bond motifs is 1. The maximum absolute atomic E-state index is 13.6. The Kier molecular flexibility index (Phi) is 6.48. The number of carbonyl (C=O) groups is 2. The van der Waals surface area contributed by atoms with Gasteiger partial charge in [0.25, 0.3) is 11.5 Å². The number of imidazole rings is 1. The van der Waals surface area contributed by atoms with Crippen LogP contribution in [0.4, 0.5) is 16.3 Å². The van der Waals surface area contributed by atoms with E-state index in [1.807, 2.05) is 29.7 Å². The summed E-state index contributed by atoms with van der Waals surface area (Å²) in [5.74, 6) is 0.604. The van der Waals surface area contributed by atoms with E-state index in [1.165, 1.54) is 10.5 Å². The van der Waals surface area contributed by atoms with Crippen molar-refractivity contribution in [3.8, 4) is 0 Å². The molecule has 222 valence electrons. The minimum atomic E-state index is -0.927. The first-order valence-electron chi connectivity index (χ1n) is 14.9. The maximum atomic E-state index is 13.6. The minimum absolute atomic E-state index is 0.0308. The Bertz CT molecular complexity index is 1760. The van der Waals surface area contributed by atoms with E-state index in [-0.39, 0.29) is 30.0 Å². The van der Waals surface area contributed by atoms with Crippen LogP contribution >= 0.6 is 0 Å². The van der Waals surface area contributed by atoms with Gasteiger partial charge in [-0.05, 0) is 37.8 Å². The van der Waals surface area contributed by atoms with Crippen molar-refractivity contribution in [2.75, 3.05) is 42.5 Å². The fraction of sp³-hybridized carbons (Fsp3) is 0.406. The van der Waals surface area contributed by atoms with Crippen LogP contribution in [0, 0.1) is 6.92 Å². The maximum Gasteiger partial charge on any atom is 0.325 e. The first-order valence-corrected chi connectivity index (χ1v) is 14.9. The number of imide groups is 1. The number of aromatic nitrogens is 4. The van der Waals surface area contributed by atoms with Crippen molar-refractivity contribution in [3.05, 3.63) is 89.0 Å². The number of rotatable bonds is 6. The molecule has 3 aromatic heterocycles. The number of hydrogen-bond acceptors (Lipinski definition) is 7. The third-order valence-corrected chi connectivity index (χ3v) is 9.66. The standard InChI is InChI=1S/C32H36N8O3/c1-23-18-25(37-12-8-31(2,21-37)24-6-4-3-5-7-24)19-27(41)39(23)16-17-40-29(42)32(35-30(40)43)9-13-36(14-10-32)28-26-20-33-22-38(26)15-11-34-28/h3-7,11,15,18-20,22H,8-10,12-14,16-17,21H2,1-2H3,(H,35,43)/t31-/m1/s1. The monoisotopic (exact) mass is 580 g/mol. The number of carbonyl (C=O) groups excluding carboxylic acids is 2. The molecule has 0 bridgehead atoms. The van der Waals surface area contributed by atoms with Crippen molar-refractivity contribution in [1.82, 2.24) is 29.2 Å². The lowest BCUT2D eigenvalue weighted by atomic mass is 9.82. The molecule has 1 spiro atoms. The second kappa shape index (κ2) is 10.3. The smallest absolute Gasteiger partial charge is 0.325 e. The highest BCUT2D eigenvalue weighted by Gasteiger charge is 2.52. The molecule has 0 aliphatic carbocycles. The quantitative estimate of drug-likeness (QED) is 0.350. The molecule has 3 saturated heterocycles. The summed E-state index contributed by atoms with van der Waals surface area (Å²) in [7, 11) is 0. The van der Waals surface area contributed by atoms with Gasteiger partial charge in [-0.25, -0.2) is 14.8 Å². The van der Waals surface area contributed by atoms with Gasteiger partial charge in [-0.15, -0.1) is 0 Å². The number of nitrogens with zero attached hydrogens (tertiary/aromatic N) is 7. The van der Waals surface area contributed by atoms with E-state index < -0.39 is 11.6 Å². The average Bonchev–Trinajstić information content (AvgIpc) is 3.71. The second-order valence-electron chi connectivity index (χ2n) is 12.3. The highest BCUT2D eigenvalue weighted by molar-refractivity contribution is 6.07. The predicted molar refractivity (Wildman–Crippen MR) is 163 cm³/mol. The average molecular weight is 581 g/mol. The zero-order chi connectivity index (χ0) is 29.8. The number of benzene rings is 1. The van der Waals surface area contributed by atoms with Crippen LogP contribution in [-0.4, -0.2) is 74.0 Å². The van der Waals surface area contributed by atoms with Crippen molar-refractivity contribution in [1.29, 1.82) is 0 Å². The van der Waals surface area contributed by atoms with Gasteiger partial charge in [0.15, 0.2) is 5.82 Å². The van der Waals surface area contributed by atoms with E-state index in [2.05, 4.69) is 56.3 Å². The van der Waals surface area contributed by atoms with Gasteiger partial charge in [-0.1, -0.05) is 37.3 Å². The lowest BCUT2D eigenvalue weighted by Gasteiger charge is -2.38. The lowest BCUT2D eigenvalue weighted by Crippen LogP contribution is -2.55. The van der Waals surface area contributed by atoms with Crippen LogP contribution in [0.3, 0.4) is 0 Å². The number of pyridine rings is 1. The summed E-state index contributed by atoms with van der Waals surface area (Å²) < 4.78 is 3.57. The molecule has 1 atom stereocenters. The van der Waals surface area contributed by atoms with E-state index in [9.17, 15) is 14.4 Å². The Hall–Kier alpha value is -4.67. The summed E-state index contributed by atoms with van der Waals surface area (Å²) in [6.45, 7) is 7.47. The molecule has 3 aliphatic rings. The highest BCUT2D eigenvalue weighted by atomic mass is 16.2. The molecule has 3 amide bonds. The minimum Gasteiger partial charge on any atom is -0.370 e.